The van der Waals surface area contributed by atoms with Crippen LogP contribution < -0.4 is 5.73 Å². The Hall–Kier alpha value is -1.06. The van der Waals surface area contributed by atoms with Crippen molar-refractivity contribution in [2.45, 2.75) is 18.9 Å². The van der Waals surface area contributed by atoms with E-state index >= 15 is 0 Å². The minimum absolute atomic E-state index is 0.134. The summed E-state index contributed by atoms with van der Waals surface area (Å²) in [5.41, 5.74) is 6.72. The van der Waals surface area contributed by atoms with E-state index in [0.717, 1.165) is 18.5 Å². The van der Waals surface area contributed by atoms with Gasteiger partial charge in [-0.25, -0.2) is 0 Å². The molecule has 0 unspecified atom stereocenters. The Morgan fingerprint density at radius 1 is 1.56 bits per heavy atom. The van der Waals surface area contributed by atoms with Gasteiger partial charge >= 0.3 is 0 Å². The van der Waals surface area contributed by atoms with E-state index in [-0.39, 0.29) is 11.9 Å². The first-order valence-corrected chi connectivity index (χ1v) is 5.81. The third-order valence-corrected chi connectivity index (χ3v) is 3.06. The predicted octanol–water partition coefficient (Wildman–Crippen LogP) is 1.44. The lowest BCUT2D eigenvalue weighted by atomic mass is 10.1. The number of rotatable bonds is 2. The van der Waals surface area contributed by atoms with Crippen LogP contribution in [0.5, 0.6) is 0 Å². The lowest BCUT2D eigenvalue weighted by Gasteiger charge is -2.15. The fraction of sp³-hybridized carbons (Fsp3) is 0.417. The molecule has 1 saturated heterocycles. The zero-order chi connectivity index (χ0) is 11.5. The Morgan fingerprint density at radius 2 is 2.38 bits per heavy atom. The Bertz CT molecular complexity index is 394. The van der Waals surface area contributed by atoms with Crippen LogP contribution in [0.4, 0.5) is 0 Å². The number of carbonyl (C=O) groups excluding carboxylic acids is 1. The summed E-state index contributed by atoms with van der Waals surface area (Å²) in [7, 11) is 0. The maximum Gasteiger partial charge on any atom is 0.227 e. The number of carbonyl (C=O) groups is 1. The molecule has 1 aromatic rings. The smallest absolute Gasteiger partial charge is 0.227 e. The van der Waals surface area contributed by atoms with Gasteiger partial charge in [-0.3, -0.25) is 4.79 Å². The highest BCUT2D eigenvalue weighted by atomic mass is 35.5. The quantitative estimate of drug-likeness (QED) is 0.848. The molecule has 0 spiro atoms. The largest absolute Gasteiger partial charge is 0.341 e. The molecule has 0 bridgehead atoms. The maximum absolute atomic E-state index is 11.9. The molecule has 16 heavy (non-hydrogen) atoms. The van der Waals surface area contributed by atoms with Crippen LogP contribution in [-0.2, 0) is 11.2 Å². The molecule has 1 fully saturated rings. The molecule has 1 aromatic carbocycles. The van der Waals surface area contributed by atoms with E-state index in [9.17, 15) is 4.79 Å². The Kier molecular flexibility index (Phi) is 3.46. The van der Waals surface area contributed by atoms with Crippen LogP contribution in [-0.4, -0.2) is 29.9 Å². The first-order chi connectivity index (χ1) is 7.65. The van der Waals surface area contributed by atoms with Gasteiger partial charge < -0.3 is 10.6 Å². The number of benzene rings is 1. The second-order valence-corrected chi connectivity index (χ2v) is 4.63. The normalized spacial score (nSPS) is 20.1. The van der Waals surface area contributed by atoms with E-state index in [1.165, 1.54) is 0 Å². The lowest BCUT2D eigenvalue weighted by Crippen LogP contribution is -2.32. The summed E-state index contributed by atoms with van der Waals surface area (Å²) in [5.74, 6) is 0.134. The van der Waals surface area contributed by atoms with E-state index in [1.54, 1.807) is 6.07 Å². The monoisotopic (exact) mass is 238 g/mol. The summed E-state index contributed by atoms with van der Waals surface area (Å²) in [6, 6.07) is 7.56. The van der Waals surface area contributed by atoms with Gasteiger partial charge in [0.1, 0.15) is 0 Å². The summed E-state index contributed by atoms with van der Waals surface area (Å²) < 4.78 is 0. The zero-order valence-corrected chi connectivity index (χ0v) is 9.78. The van der Waals surface area contributed by atoms with Gasteiger partial charge in [-0.15, -0.1) is 0 Å². The lowest BCUT2D eigenvalue weighted by molar-refractivity contribution is -0.129. The first-order valence-electron chi connectivity index (χ1n) is 5.43. The predicted molar refractivity (Wildman–Crippen MR) is 64.3 cm³/mol. The maximum atomic E-state index is 11.9. The molecular weight excluding hydrogens is 224 g/mol. The molecule has 0 aromatic heterocycles. The van der Waals surface area contributed by atoms with Crippen molar-refractivity contribution >= 4 is 17.5 Å². The first kappa shape index (κ1) is 11.4. The highest BCUT2D eigenvalue weighted by molar-refractivity contribution is 6.30. The molecule has 1 amide bonds. The van der Waals surface area contributed by atoms with E-state index in [4.69, 9.17) is 17.3 Å². The van der Waals surface area contributed by atoms with Crippen molar-refractivity contribution in [3.63, 3.8) is 0 Å². The number of nitrogens with two attached hydrogens (primary N) is 1. The van der Waals surface area contributed by atoms with Gasteiger partial charge in [0.05, 0.1) is 6.42 Å². The highest BCUT2D eigenvalue weighted by Gasteiger charge is 2.23. The minimum atomic E-state index is 0.134. The van der Waals surface area contributed by atoms with E-state index in [0.29, 0.717) is 18.0 Å². The molecule has 2 rings (SSSR count). The number of hydrogen-bond acceptors (Lipinski definition) is 2. The van der Waals surface area contributed by atoms with Gasteiger partial charge in [0.25, 0.3) is 0 Å². The van der Waals surface area contributed by atoms with Crippen LogP contribution in [0.1, 0.15) is 12.0 Å². The van der Waals surface area contributed by atoms with Gasteiger partial charge in [-0.2, -0.15) is 0 Å². The van der Waals surface area contributed by atoms with E-state index < -0.39 is 0 Å². The topological polar surface area (TPSA) is 46.3 Å². The third-order valence-electron chi connectivity index (χ3n) is 2.82. The number of amides is 1. The number of nitrogens with zero attached hydrogens (tertiary/aromatic N) is 1. The van der Waals surface area contributed by atoms with Crippen molar-refractivity contribution in [3.8, 4) is 0 Å². The van der Waals surface area contributed by atoms with Crippen LogP contribution in [0, 0.1) is 0 Å². The molecule has 1 aliphatic heterocycles. The molecule has 0 aliphatic carbocycles. The summed E-state index contributed by atoms with van der Waals surface area (Å²) in [4.78, 5) is 13.7. The van der Waals surface area contributed by atoms with Crippen LogP contribution >= 0.6 is 11.6 Å². The number of halogens is 1. The molecule has 1 heterocycles. The van der Waals surface area contributed by atoms with Crippen LogP contribution in [0.3, 0.4) is 0 Å². The molecule has 0 radical (unpaired) electrons. The van der Waals surface area contributed by atoms with Crippen molar-refractivity contribution in [1.82, 2.24) is 4.90 Å². The van der Waals surface area contributed by atoms with Crippen molar-refractivity contribution in [2.24, 2.45) is 5.73 Å². The zero-order valence-electron chi connectivity index (χ0n) is 9.03. The molecule has 3 nitrogen and oxygen atoms in total. The Labute approximate surface area is 100 Å². The average molecular weight is 239 g/mol. The number of hydrogen-bond donors (Lipinski definition) is 1. The van der Waals surface area contributed by atoms with Gasteiger partial charge in [-0.05, 0) is 24.1 Å². The minimum Gasteiger partial charge on any atom is -0.341 e. The van der Waals surface area contributed by atoms with Gasteiger partial charge in [0, 0.05) is 24.2 Å². The molecule has 86 valence electrons. The van der Waals surface area contributed by atoms with Crippen LogP contribution in [0.15, 0.2) is 24.3 Å². The van der Waals surface area contributed by atoms with Gasteiger partial charge in [0.2, 0.25) is 5.91 Å². The molecule has 4 heteroatoms. The Balaban J connectivity index is 1.97. The van der Waals surface area contributed by atoms with Crippen molar-refractivity contribution in [3.05, 3.63) is 34.9 Å². The van der Waals surface area contributed by atoms with E-state index in [2.05, 4.69) is 0 Å². The van der Waals surface area contributed by atoms with Crippen LogP contribution in [0.2, 0.25) is 5.02 Å². The van der Waals surface area contributed by atoms with Crippen molar-refractivity contribution in [2.75, 3.05) is 13.1 Å². The molecule has 1 atom stereocenters. The summed E-state index contributed by atoms with van der Waals surface area (Å²) in [6.07, 6.45) is 1.31. The van der Waals surface area contributed by atoms with Crippen molar-refractivity contribution in [1.29, 1.82) is 0 Å². The highest BCUT2D eigenvalue weighted by Crippen LogP contribution is 2.14. The fourth-order valence-corrected chi connectivity index (χ4v) is 2.16. The summed E-state index contributed by atoms with van der Waals surface area (Å²) in [5, 5.41) is 0.670. The molecule has 2 N–H and O–H groups in total. The summed E-state index contributed by atoms with van der Waals surface area (Å²) in [6.45, 7) is 1.46. The third kappa shape index (κ3) is 2.74. The van der Waals surface area contributed by atoms with E-state index in [1.807, 2.05) is 23.1 Å². The second kappa shape index (κ2) is 4.85. The molecular formula is C12H15ClN2O. The standard InChI is InChI=1S/C12H15ClN2O/c13-10-3-1-2-9(6-10)7-12(16)15-5-4-11(14)8-15/h1-3,6,11H,4-5,7-8,14H2/t11-/m0/s1. The second-order valence-electron chi connectivity index (χ2n) is 4.20. The van der Waals surface area contributed by atoms with Gasteiger partial charge in [-0.1, -0.05) is 23.7 Å². The summed E-state index contributed by atoms with van der Waals surface area (Å²) >= 11 is 5.87. The number of likely N-dealkylation sites (tertiary alicyclic amines) is 1. The van der Waals surface area contributed by atoms with Crippen molar-refractivity contribution < 1.29 is 4.79 Å². The molecule has 0 saturated carbocycles. The van der Waals surface area contributed by atoms with Crippen LogP contribution in [0.25, 0.3) is 0 Å². The Morgan fingerprint density at radius 3 is 3.00 bits per heavy atom. The average Bonchev–Trinajstić information content (AvgIpc) is 2.65. The SMILES string of the molecule is N[C@H]1CCN(C(=O)Cc2cccc(Cl)c2)C1. The van der Waals surface area contributed by atoms with Gasteiger partial charge in [0.15, 0.2) is 0 Å². The fourth-order valence-electron chi connectivity index (χ4n) is 1.95. The molecule has 1 aliphatic rings.